The second-order valence-corrected chi connectivity index (χ2v) is 8.59. The van der Waals surface area contributed by atoms with Gasteiger partial charge in [-0.05, 0) is 37.6 Å². The van der Waals surface area contributed by atoms with Crippen LogP contribution < -0.4 is 10.5 Å². The van der Waals surface area contributed by atoms with E-state index >= 15 is 0 Å². The van der Waals surface area contributed by atoms with E-state index in [4.69, 9.17) is 4.74 Å². The minimum Gasteiger partial charge on any atom is -0.451 e. The predicted molar refractivity (Wildman–Crippen MR) is 132 cm³/mol. The van der Waals surface area contributed by atoms with Crippen LogP contribution in [0.3, 0.4) is 0 Å². The number of carbonyl (C=O) groups is 3. The summed E-state index contributed by atoms with van der Waals surface area (Å²) in [6, 6.07) is 11.0. The van der Waals surface area contributed by atoms with E-state index in [0.717, 1.165) is 0 Å². The molecule has 1 aromatic heterocycles. The van der Waals surface area contributed by atoms with E-state index in [0.29, 0.717) is 61.2 Å². The minimum absolute atomic E-state index is 0.0132. The zero-order valence-electron chi connectivity index (χ0n) is 20.2. The fraction of sp³-hybridized carbons (Fsp3) is 0.346. The van der Waals surface area contributed by atoms with Crippen molar-refractivity contribution in [2.45, 2.75) is 26.8 Å². The number of nitrogens with zero attached hydrogens (tertiary/aromatic N) is 4. The number of halogens is 1. The largest absolute Gasteiger partial charge is 0.451 e. The van der Waals surface area contributed by atoms with Gasteiger partial charge in [0.2, 0.25) is 0 Å². The van der Waals surface area contributed by atoms with Crippen molar-refractivity contribution in [3.05, 3.63) is 69.9 Å². The van der Waals surface area contributed by atoms with Crippen molar-refractivity contribution in [1.29, 1.82) is 0 Å². The van der Waals surface area contributed by atoms with E-state index in [2.05, 4.69) is 5.10 Å². The molecule has 4 rings (SSSR count). The summed E-state index contributed by atoms with van der Waals surface area (Å²) in [7, 11) is 0. The number of piperazine rings is 1. The molecule has 2 aromatic carbocycles. The number of amides is 1. The van der Waals surface area contributed by atoms with Crippen LogP contribution in [0.25, 0.3) is 10.8 Å². The van der Waals surface area contributed by atoms with E-state index in [1.165, 1.54) is 17.7 Å². The number of benzene rings is 2. The molecule has 0 N–H and O–H groups in total. The van der Waals surface area contributed by atoms with Crippen LogP contribution in [0.15, 0.2) is 47.3 Å². The van der Waals surface area contributed by atoms with Crippen LogP contribution in [0, 0.1) is 5.82 Å². The molecule has 36 heavy (non-hydrogen) atoms. The average molecular weight is 495 g/mol. The van der Waals surface area contributed by atoms with E-state index in [9.17, 15) is 23.6 Å². The lowest BCUT2D eigenvalue weighted by Gasteiger charge is -2.36. The molecule has 0 unspecified atom stereocenters. The fourth-order valence-corrected chi connectivity index (χ4v) is 4.22. The number of hydrogen-bond acceptors (Lipinski definition) is 7. The zero-order chi connectivity index (χ0) is 25.8. The van der Waals surface area contributed by atoms with Crippen LogP contribution in [-0.2, 0) is 16.1 Å². The highest BCUT2D eigenvalue weighted by molar-refractivity contribution is 6.02. The Balaban J connectivity index is 1.39. The zero-order valence-corrected chi connectivity index (χ0v) is 20.2. The maximum atomic E-state index is 14.5. The number of anilines is 1. The summed E-state index contributed by atoms with van der Waals surface area (Å²) in [5.41, 5.74) is 0.379. The highest BCUT2D eigenvalue weighted by Gasteiger charge is 2.25. The molecule has 0 aliphatic carbocycles. The molecule has 0 radical (unpaired) electrons. The third kappa shape index (κ3) is 5.12. The van der Waals surface area contributed by atoms with Crippen molar-refractivity contribution in [3.8, 4) is 0 Å². The van der Waals surface area contributed by atoms with Crippen LogP contribution in [0.5, 0.6) is 0 Å². The Morgan fingerprint density at radius 1 is 1.03 bits per heavy atom. The first-order valence-corrected chi connectivity index (χ1v) is 11.8. The first-order chi connectivity index (χ1) is 17.3. The number of ether oxygens (including phenoxy) is 1. The van der Waals surface area contributed by atoms with Gasteiger partial charge in [-0.25, -0.2) is 13.9 Å². The van der Waals surface area contributed by atoms with Gasteiger partial charge in [0.1, 0.15) is 5.82 Å². The number of hydrogen-bond donors (Lipinski definition) is 0. The van der Waals surface area contributed by atoms with Crippen molar-refractivity contribution in [2.24, 2.45) is 0 Å². The Bertz CT molecular complexity index is 1380. The Hall–Kier alpha value is -4.08. The molecule has 1 fully saturated rings. The van der Waals surface area contributed by atoms with Crippen LogP contribution in [0.1, 0.15) is 41.1 Å². The number of esters is 1. The molecule has 0 saturated carbocycles. The number of rotatable bonds is 7. The third-order valence-electron chi connectivity index (χ3n) is 6.15. The van der Waals surface area contributed by atoms with E-state index < -0.39 is 18.4 Å². The van der Waals surface area contributed by atoms with Crippen molar-refractivity contribution in [1.82, 2.24) is 14.7 Å². The summed E-state index contributed by atoms with van der Waals surface area (Å²) in [6.45, 7) is 4.60. The first kappa shape index (κ1) is 25.0. The maximum absolute atomic E-state index is 14.5. The maximum Gasteiger partial charge on any atom is 0.359 e. The number of aryl methyl sites for hydroxylation is 1. The van der Waals surface area contributed by atoms with Gasteiger partial charge in [-0.1, -0.05) is 25.1 Å². The number of carbonyl (C=O) groups excluding carboxylic acids is 3. The molecule has 1 aliphatic heterocycles. The summed E-state index contributed by atoms with van der Waals surface area (Å²) in [5.74, 6) is -1.85. The summed E-state index contributed by atoms with van der Waals surface area (Å²) in [5, 5.41) is 4.92. The van der Waals surface area contributed by atoms with E-state index in [1.54, 1.807) is 41.3 Å². The Kier molecular flexibility index (Phi) is 7.42. The SMILES string of the molecule is CCCn1nc(C(=O)OCC(=O)N2CCN(c3ccc(C(C)=O)cc3F)CC2)c2ccccc2c1=O. The average Bonchev–Trinajstić information content (AvgIpc) is 2.89. The van der Waals surface area contributed by atoms with Crippen molar-refractivity contribution in [3.63, 3.8) is 0 Å². The van der Waals surface area contributed by atoms with Crippen LogP contribution >= 0.6 is 0 Å². The summed E-state index contributed by atoms with van der Waals surface area (Å²) >= 11 is 0. The van der Waals surface area contributed by atoms with Gasteiger partial charge in [0.15, 0.2) is 18.1 Å². The van der Waals surface area contributed by atoms with E-state index in [-0.39, 0.29) is 22.9 Å². The monoisotopic (exact) mass is 494 g/mol. The molecular formula is C26H27FN4O5. The molecule has 9 nitrogen and oxygen atoms in total. The van der Waals surface area contributed by atoms with Gasteiger partial charge >= 0.3 is 5.97 Å². The smallest absolute Gasteiger partial charge is 0.359 e. The lowest BCUT2D eigenvalue weighted by molar-refractivity contribution is -0.134. The van der Waals surface area contributed by atoms with Gasteiger partial charge in [-0.15, -0.1) is 0 Å². The highest BCUT2D eigenvalue weighted by Crippen LogP contribution is 2.22. The predicted octanol–water partition coefficient (Wildman–Crippen LogP) is 2.65. The van der Waals surface area contributed by atoms with Gasteiger partial charge < -0.3 is 14.5 Å². The molecule has 0 atom stereocenters. The lowest BCUT2D eigenvalue weighted by atomic mass is 10.1. The highest BCUT2D eigenvalue weighted by atomic mass is 19.1. The summed E-state index contributed by atoms with van der Waals surface area (Å²) in [6.07, 6.45) is 0.662. The molecule has 1 saturated heterocycles. The van der Waals surface area contributed by atoms with Crippen molar-refractivity contribution < 1.29 is 23.5 Å². The van der Waals surface area contributed by atoms with Crippen molar-refractivity contribution >= 4 is 34.1 Å². The molecule has 0 bridgehead atoms. The normalized spacial score (nSPS) is 13.6. The summed E-state index contributed by atoms with van der Waals surface area (Å²) < 4.78 is 21.0. The fourth-order valence-electron chi connectivity index (χ4n) is 4.22. The quantitative estimate of drug-likeness (QED) is 0.368. The second kappa shape index (κ2) is 10.7. The van der Waals surface area contributed by atoms with E-state index in [1.807, 2.05) is 11.8 Å². The van der Waals surface area contributed by atoms with Crippen LogP contribution in [0.4, 0.5) is 10.1 Å². The molecule has 188 valence electrons. The first-order valence-electron chi connectivity index (χ1n) is 11.8. The summed E-state index contributed by atoms with van der Waals surface area (Å²) in [4.78, 5) is 52.9. The lowest BCUT2D eigenvalue weighted by Crippen LogP contribution is -2.50. The Labute approximate surface area is 207 Å². The van der Waals surface area contributed by atoms with Gasteiger partial charge in [0.05, 0.1) is 11.1 Å². The number of aromatic nitrogens is 2. The molecule has 3 aromatic rings. The molecule has 0 spiro atoms. The molecule has 2 heterocycles. The number of fused-ring (bicyclic) bond motifs is 1. The topological polar surface area (TPSA) is 102 Å². The standard InChI is InChI=1S/C26H27FN4O5/c1-3-10-31-25(34)20-7-5-4-6-19(20)24(28-31)26(35)36-16-23(33)30-13-11-29(12-14-30)22-9-8-18(17(2)32)15-21(22)27/h4-9,15H,3,10-14,16H2,1-2H3. The Morgan fingerprint density at radius 3 is 2.36 bits per heavy atom. The van der Waals surface area contributed by atoms with Gasteiger partial charge in [-0.2, -0.15) is 5.10 Å². The van der Waals surface area contributed by atoms with Gasteiger partial charge in [0.25, 0.3) is 11.5 Å². The number of ketones is 1. The molecule has 10 heteroatoms. The molecular weight excluding hydrogens is 467 g/mol. The second-order valence-electron chi connectivity index (χ2n) is 8.59. The third-order valence-corrected chi connectivity index (χ3v) is 6.15. The van der Waals surface area contributed by atoms with Crippen molar-refractivity contribution in [2.75, 3.05) is 37.7 Å². The van der Waals surface area contributed by atoms with Crippen LogP contribution in [-0.4, -0.2) is 65.1 Å². The minimum atomic E-state index is -0.782. The molecule has 1 amide bonds. The molecule has 1 aliphatic rings. The van der Waals surface area contributed by atoms with Gasteiger partial charge in [0, 0.05) is 43.7 Å². The van der Waals surface area contributed by atoms with Gasteiger partial charge in [-0.3, -0.25) is 14.4 Å². The van der Waals surface area contributed by atoms with Crippen LogP contribution in [0.2, 0.25) is 0 Å². The Morgan fingerprint density at radius 2 is 1.72 bits per heavy atom. The number of Topliss-reactive ketones (excluding diaryl/α,β-unsaturated/α-hetero) is 1.